The van der Waals surface area contributed by atoms with Crippen LogP contribution in [0, 0.1) is 0 Å². The van der Waals surface area contributed by atoms with Gasteiger partial charge in [0.1, 0.15) is 18.1 Å². The van der Waals surface area contributed by atoms with E-state index in [4.69, 9.17) is 4.74 Å². The topological polar surface area (TPSA) is 46.5 Å². The maximum Gasteiger partial charge on any atom is 0.160 e. The van der Waals surface area contributed by atoms with Crippen molar-refractivity contribution in [3.8, 4) is 11.5 Å². The number of phenols is 1. The van der Waals surface area contributed by atoms with Crippen LogP contribution in [-0.2, 0) is 13.0 Å². The average Bonchev–Trinajstić information content (AvgIpc) is 2.55. The first kappa shape index (κ1) is 17.8. The molecule has 0 aromatic heterocycles. The van der Waals surface area contributed by atoms with Crippen molar-refractivity contribution in [3.63, 3.8) is 0 Å². The van der Waals surface area contributed by atoms with Crippen LogP contribution < -0.4 is 4.74 Å². The Bertz CT molecular complexity index is 618. The number of Topliss-reactive ketones (excluding diaryl/α,β-unsaturated/α-hetero) is 1. The molecule has 118 valence electrons. The van der Waals surface area contributed by atoms with Gasteiger partial charge in [0, 0.05) is 11.1 Å². The van der Waals surface area contributed by atoms with E-state index in [0.717, 1.165) is 23.3 Å². The summed E-state index contributed by atoms with van der Waals surface area (Å²) in [5, 5.41) is 9.47. The number of hydrogen-bond donors (Lipinski definition) is 1. The average molecular weight is 300 g/mol. The number of ketones is 1. The van der Waals surface area contributed by atoms with E-state index in [1.165, 1.54) is 0 Å². The molecule has 0 amide bonds. The SMILES string of the molecule is CC.CCc1cc(O)ccc1OCc1ccccc1C(C)=O. The summed E-state index contributed by atoms with van der Waals surface area (Å²) in [6.45, 7) is 7.90. The van der Waals surface area contributed by atoms with Gasteiger partial charge < -0.3 is 9.84 Å². The van der Waals surface area contributed by atoms with Gasteiger partial charge >= 0.3 is 0 Å². The second kappa shape index (κ2) is 8.88. The molecule has 0 fully saturated rings. The first-order chi connectivity index (χ1) is 10.6. The molecule has 0 atom stereocenters. The van der Waals surface area contributed by atoms with Crippen molar-refractivity contribution in [2.24, 2.45) is 0 Å². The van der Waals surface area contributed by atoms with Gasteiger partial charge in [-0.15, -0.1) is 0 Å². The van der Waals surface area contributed by atoms with E-state index in [-0.39, 0.29) is 11.5 Å². The Balaban J connectivity index is 0.00000116. The summed E-state index contributed by atoms with van der Waals surface area (Å²) in [6.07, 6.45) is 0.776. The Kier molecular flexibility index (Phi) is 7.17. The largest absolute Gasteiger partial charge is 0.508 e. The number of carbonyl (C=O) groups excluding carboxylic acids is 1. The second-order valence-corrected chi connectivity index (χ2v) is 4.65. The van der Waals surface area contributed by atoms with Gasteiger partial charge in [-0.1, -0.05) is 45.0 Å². The number of rotatable bonds is 5. The molecule has 0 unspecified atom stereocenters. The zero-order valence-corrected chi connectivity index (χ0v) is 13.7. The highest BCUT2D eigenvalue weighted by atomic mass is 16.5. The number of aromatic hydroxyl groups is 1. The molecule has 0 bridgehead atoms. The van der Waals surface area contributed by atoms with Gasteiger partial charge in [0.15, 0.2) is 5.78 Å². The lowest BCUT2D eigenvalue weighted by atomic mass is 10.1. The van der Waals surface area contributed by atoms with Gasteiger partial charge in [-0.3, -0.25) is 4.79 Å². The minimum atomic E-state index is 0.0330. The predicted molar refractivity (Wildman–Crippen MR) is 89.6 cm³/mol. The molecule has 0 saturated heterocycles. The molecule has 0 saturated carbocycles. The highest BCUT2D eigenvalue weighted by molar-refractivity contribution is 5.95. The summed E-state index contributed by atoms with van der Waals surface area (Å²) in [5.41, 5.74) is 2.50. The molecule has 3 heteroatoms. The lowest BCUT2D eigenvalue weighted by Crippen LogP contribution is -2.04. The molecule has 0 radical (unpaired) electrons. The normalized spacial score (nSPS) is 9.64. The molecule has 2 aromatic carbocycles. The first-order valence-electron chi connectivity index (χ1n) is 7.65. The van der Waals surface area contributed by atoms with E-state index in [2.05, 4.69) is 0 Å². The fraction of sp³-hybridized carbons (Fsp3) is 0.316. The van der Waals surface area contributed by atoms with Crippen molar-refractivity contribution in [2.45, 2.75) is 40.7 Å². The van der Waals surface area contributed by atoms with Gasteiger partial charge in [-0.05, 0) is 37.1 Å². The second-order valence-electron chi connectivity index (χ2n) is 4.65. The third kappa shape index (κ3) is 4.62. The molecule has 0 aliphatic carbocycles. The van der Waals surface area contributed by atoms with Crippen LogP contribution in [0.15, 0.2) is 42.5 Å². The summed E-state index contributed by atoms with van der Waals surface area (Å²) in [4.78, 5) is 11.6. The van der Waals surface area contributed by atoms with Crippen molar-refractivity contribution >= 4 is 5.78 Å². The van der Waals surface area contributed by atoms with E-state index in [1.54, 1.807) is 31.2 Å². The predicted octanol–water partition coefficient (Wildman–Crippen LogP) is 4.76. The molecule has 2 rings (SSSR count). The maximum absolute atomic E-state index is 11.6. The van der Waals surface area contributed by atoms with Crippen molar-refractivity contribution < 1.29 is 14.6 Å². The van der Waals surface area contributed by atoms with Gasteiger partial charge in [0.25, 0.3) is 0 Å². The molecule has 1 N–H and O–H groups in total. The fourth-order valence-corrected chi connectivity index (χ4v) is 2.13. The Morgan fingerprint density at radius 3 is 2.41 bits per heavy atom. The monoisotopic (exact) mass is 300 g/mol. The van der Waals surface area contributed by atoms with Crippen LogP contribution in [0.4, 0.5) is 0 Å². The Hall–Kier alpha value is -2.29. The van der Waals surface area contributed by atoms with Crippen LogP contribution in [0.5, 0.6) is 11.5 Å². The van der Waals surface area contributed by atoms with Crippen molar-refractivity contribution in [2.75, 3.05) is 0 Å². The van der Waals surface area contributed by atoms with Crippen LogP contribution >= 0.6 is 0 Å². The number of aryl methyl sites for hydroxylation is 1. The number of ether oxygens (including phenoxy) is 1. The summed E-state index contributed by atoms with van der Waals surface area (Å²) in [6, 6.07) is 12.5. The van der Waals surface area contributed by atoms with Crippen LogP contribution in [0.3, 0.4) is 0 Å². The number of hydrogen-bond acceptors (Lipinski definition) is 3. The summed E-state index contributed by atoms with van der Waals surface area (Å²) < 4.78 is 5.80. The minimum absolute atomic E-state index is 0.0330. The third-order valence-corrected chi connectivity index (χ3v) is 3.20. The Morgan fingerprint density at radius 1 is 1.09 bits per heavy atom. The molecular weight excluding hydrogens is 276 g/mol. The number of benzene rings is 2. The molecular formula is C19H24O3. The molecule has 0 aliphatic rings. The standard InChI is InChI=1S/C17H18O3.C2H6/c1-3-13-10-15(19)8-9-17(13)20-11-14-6-4-5-7-16(14)12(2)18;1-2/h4-10,19H,3,11H2,1-2H3;1-2H3. The molecule has 2 aromatic rings. The Labute approximate surface area is 132 Å². The highest BCUT2D eigenvalue weighted by Crippen LogP contribution is 2.25. The van der Waals surface area contributed by atoms with Crippen molar-refractivity contribution in [1.29, 1.82) is 0 Å². The Morgan fingerprint density at radius 2 is 1.77 bits per heavy atom. The fourth-order valence-electron chi connectivity index (χ4n) is 2.13. The van der Waals surface area contributed by atoms with Gasteiger partial charge in [-0.2, -0.15) is 0 Å². The van der Waals surface area contributed by atoms with Crippen molar-refractivity contribution in [3.05, 3.63) is 59.2 Å². The van der Waals surface area contributed by atoms with E-state index < -0.39 is 0 Å². The van der Waals surface area contributed by atoms with Gasteiger partial charge in [0.05, 0.1) is 0 Å². The zero-order chi connectivity index (χ0) is 16.5. The quantitative estimate of drug-likeness (QED) is 0.810. The van der Waals surface area contributed by atoms with Crippen LogP contribution in [0.2, 0.25) is 0 Å². The minimum Gasteiger partial charge on any atom is -0.508 e. The molecule has 0 spiro atoms. The molecule has 0 aliphatic heterocycles. The third-order valence-electron chi connectivity index (χ3n) is 3.20. The zero-order valence-electron chi connectivity index (χ0n) is 13.7. The van der Waals surface area contributed by atoms with Crippen LogP contribution in [-0.4, -0.2) is 10.9 Å². The first-order valence-corrected chi connectivity index (χ1v) is 7.65. The van der Waals surface area contributed by atoms with E-state index >= 15 is 0 Å². The lowest BCUT2D eigenvalue weighted by Gasteiger charge is -2.12. The number of phenolic OH excluding ortho intramolecular Hbond substituents is 1. The van der Waals surface area contributed by atoms with E-state index in [9.17, 15) is 9.90 Å². The lowest BCUT2D eigenvalue weighted by molar-refractivity contribution is 0.101. The molecule has 0 heterocycles. The van der Waals surface area contributed by atoms with Crippen molar-refractivity contribution in [1.82, 2.24) is 0 Å². The van der Waals surface area contributed by atoms with E-state index in [1.807, 2.05) is 39.0 Å². The van der Waals surface area contributed by atoms with E-state index in [0.29, 0.717) is 12.2 Å². The number of carbonyl (C=O) groups is 1. The van der Waals surface area contributed by atoms with Gasteiger partial charge in [-0.25, -0.2) is 0 Å². The van der Waals surface area contributed by atoms with Gasteiger partial charge in [0.2, 0.25) is 0 Å². The maximum atomic E-state index is 11.6. The smallest absolute Gasteiger partial charge is 0.160 e. The summed E-state index contributed by atoms with van der Waals surface area (Å²) in [7, 11) is 0. The summed E-state index contributed by atoms with van der Waals surface area (Å²) >= 11 is 0. The van der Waals surface area contributed by atoms with Crippen LogP contribution in [0.25, 0.3) is 0 Å². The van der Waals surface area contributed by atoms with Crippen LogP contribution in [0.1, 0.15) is 49.2 Å². The summed E-state index contributed by atoms with van der Waals surface area (Å²) in [5.74, 6) is 1.01. The highest BCUT2D eigenvalue weighted by Gasteiger charge is 2.08. The molecule has 3 nitrogen and oxygen atoms in total. The molecule has 22 heavy (non-hydrogen) atoms.